The van der Waals surface area contributed by atoms with E-state index in [1.807, 2.05) is 36.4 Å². The SMILES string of the molecule is CC1(c2ccccc2)C(C#N)=C(N([Si](C)(C)C)[Si](C)(C)C)C(C#N)C1(C)c1ccccc1. The second kappa shape index (κ2) is 8.07. The Morgan fingerprint density at radius 1 is 0.750 bits per heavy atom. The maximum absolute atomic E-state index is 10.7. The largest absolute Gasteiger partial charge is 0.426 e. The molecule has 0 heterocycles. The Balaban J connectivity index is 2.51. The average molecular weight is 458 g/mol. The molecule has 0 bridgehead atoms. The molecular formula is C27H35N3Si2. The summed E-state index contributed by atoms with van der Waals surface area (Å²) >= 11 is 0. The molecule has 3 nitrogen and oxygen atoms in total. The highest BCUT2D eigenvalue weighted by Gasteiger charge is 2.63. The number of benzene rings is 2. The predicted molar refractivity (Wildman–Crippen MR) is 138 cm³/mol. The summed E-state index contributed by atoms with van der Waals surface area (Å²) in [5, 5.41) is 21.4. The van der Waals surface area contributed by atoms with Crippen LogP contribution in [0.15, 0.2) is 71.9 Å². The molecule has 0 fully saturated rings. The van der Waals surface area contributed by atoms with E-state index < -0.39 is 33.2 Å². The zero-order valence-electron chi connectivity index (χ0n) is 20.7. The lowest BCUT2D eigenvalue weighted by Crippen LogP contribution is -2.59. The van der Waals surface area contributed by atoms with Crippen molar-refractivity contribution in [2.24, 2.45) is 5.92 Å². The molecular weight excluding hydrogens is 422 g/mol. The molecule has 0 aliphatic heterocycles. The van der Waals surface area contributed by atoms with Crippen molar-refractivity contribution in [2.75, 3.05) is 0 Å². The lowest BCUT2D eigenvalue weighted by molar-refractivity contribution is 0.282. The van der Waals surface area contributed by atoms with Crippen LogP contribution in [0.4, 0.5) is 0 Å². The van der Waals surface area contributed by atoms with Gasteiger partial charge in [-0.3, -0.25) is 0 Å². The van der Waals surface area contributed by atoms with E-state index in [0.29, 0.717) is 0 Å². The van der Waals surface area contributed by atoms with E-state index in [-0.39, 0.29) is 0 Å². The second-order valence-corrected chi connectivity index (χ2v) is 21.2. The highest BCUT2D eigenvalue weighted by Crippen LogP contribution is 2.62. The van der Waals surface area contributed by atoms with Crippen molar-refractivity contribution in [3.8, 4) is 12.1 Å². The highest BCUT2D eigenvalue weighted by molar-refractivity contribution is 6.90. The number of nitrogens with zero attached hydrogens (tertiary/aromatic N) is 3. The number of hydrogen-bond donors (Lipinski definition) is 0. The molecule has 166 valence electrons. The summed E-state index contributed by atoms with van der Waals surface area (Å²) in [7, 11) is -3.79. The van der Waals surface area contributed by atoms with Crippen LogP contribution in [0.3, 0.4) is 0 Å². The first-order valence-corrected chi connectivity index (χ1v) is 18.2. The van der Waals surface area contributed by atoms with Gasteiger partial charge in [0.25, 0.3) is 0 Å². The fourth-order valence-electron chi connectivity index (χ4n) is 6.01. The topological polar surface area (TPSA) is 50.8 Å². The van der Waals surface area contributed by atoms with Gasteiger partial charge < -0.3 is 4.23 Å². The molecule has 3 rings (SSSR count). The van der Waals surface area contributed by atoms with Crippen molar-refractivity contribution >= 4 is 16.5 Å². The van der Waals surface area contributed by atoms with Crippen LogP contribution in [0.25, 0.3) is 0 Å². The van der Waals surface area contributed by atoms with Crippen molar-refractivity contribution in [1.82, 2.24) is 4.23 Å². The summed E-state index contributed by atoms with van der Waals surface area (Å²) in [5.74, 6) is -0.414. The van der Waals surface area contributed by atoms with Crippen LogP contribution < -0.4 is 0 Å². The lowest BCUT2D eigenvalue weighted by atomic mass is 9.56. The summed E-state index contributed by atoms with van der Waals surface area (Å²) in [5.41, 5.74) is 2.72. The van der Waals surface area contributed by atoms with Crippen molar-refractivity contribution in [3.63, 3.8) is 0 Å². The number of nitriles is 2. The Kier molecular flexibility index (Phi) is 6.06. The normalized spacial score (nSPS) is 25.9. The van der Waals surface area contributed by atoms with E-state index in [1.54, 1.807) is 0 Å². The van der Waals surface area contributed by atoms with Gasteiger partial charge in [-0.2, -0.15) is 10.5 Å². The Morgan fingerprint density at radius 3 is 1.56 bits per heavy atom. The van der Waals surface area contributed by atoms with E-state index in [4.69, 9.17) is 0 Å². The van der Waals surface area contributed by atoms with Crippen LogP contribution >= 0.6 is 0 Å². The lowest BCUT2D eigenvalue weighted by Gasteiger charge is -2.49. The van der Waals surface area contributed by atoms with E-state index >= 15 is 0 Å². The average Bonchev–Trinajstić information content (AvgIpc) is 2.92. The van der Waals surface area contributed by atoms with Crippen molar-refractivity contribution < 1.29 is 0 Å². The first-order chi connectivity index (χ1) is 14.8. The van der Waals surface area contributed by atoms with Crippen molar-refractivity contribution in [1.29, 1.82) is 10.5 Å². The van der Waals surface area contributed by atoms with Crippen LogP contribution in [0.5, 0.6) is 0 Å². The third-order valence-electron chi connectivity index (χ3n) is 7.19. The minimum Gasteiger partial charge on any atom is -0.426 e. The summed E-state index contributed by atoms with van der Waals surface area (Å²) in [6.07, 6.45) is 0. The first kappa shape index (κ1) is 24.0. The number of hydrogen-bond acceptors (Lipinski definition) is 3. The van der Waals surface area contributed by atoms with Crippen LogP contribution in [0.2, 0.25) is 39.3 Å². The third kappa shape index (κ3) is 3.45. The van der Waals surface area contributed by atoms with Gasteiger partial charge in [0, 0.05) is 16.5 Å². The van der Waals surface area contributed by atoms with E-state index in [1.165, 1.54) is 0 Å². The van der Waals surface area contributed by atoms with E-state index in [0.717, 1.165) is 22.4 Å². The fourth-order valence-corrected chi connectivity index (χ4v) is 16.0. The zero-order chi connectivity index (χ0) is 23.9. The van der Waals surface area contributed by atoms with Gasteiger partial charge in [0.2, 0.25) is 0 Å². The van der Waals surface area contributed by atoms with E-state index in [2.05, 4.69) is 93.8 Å². The van der Waals surface area contributed by atoms with Gasteiger partial charge in [-0.1, -0.05) is 107 Å². The van der Waals surface area contributed by atoms with Gasteiger partial charge in [0.05, 0.1) is 23.6 Å². The van der Waals surface area contributed by atoms with Gasteiger partial charge >= 0.3 is 0 Å². The summed E-state index contributed by atoms with van der Waals surface area (Å²) < 4.78 is 2.59. The van der Waals surface area contributed by atoms with Gasteiger partial charge in [0.1, 0.15) is 16.5 Å². The number of rotatable bonds is 5. The standard InChI is InChI=1S/C27H35N3Si2/c1-26(21-15-11-9-12-16-21)23(19-28)25(30(31(3,4)5)32(6,7)8)24(20-29)27(26,2)22-17-13-10-14-18-22/h9-18,23H,1-8H3. The zero-order valence-corrected chi connectivity index (χ0v) is 22.7. The highest BCUT2D eigenvalue weighted by atomic mass is 28.4. The molecule has 0 aromatic heterocycles. The molecule has 0 saturated heterocycles. The van der Waals surface area contributed by atoms with Crippen LogP contribution in [0, 0.1) is 28.6 Å². The first-order valence-electron chi connectivity index (χ1n) is 11.3. The monoisotopic (exact) mass is 457 g/mol. The molecule has 1 aliphatic carbocycles. The van der Waals surface area contributed by atoms with Gasteiger partial charge in [0.15, 0.2) is 0 Å². The molecule has 5 heteroatoms. The van der Waals surface area contributed by atoms with Crippen LogP contribution in [-0.4, -0.2) is 20.7 Å². The predicted octanol–water partition coefficient (Wildman–Crippen LogP) is 6.81. The molecule has 0 radical (unpaired) electrons. The van der Waals surface area contributed by atoms with Crippen LogP contribution in [0.1, 0.15) is 25.0 Å². The Morgan fingerprint density at radius 2 is 1.19 bits per heavy atom. The minimum absolute atomic E-state index is 0.414. The molecule has 1 aliphatic rings. The summed E-state index contributed by atoms with van der Waals surface area (Å²) in [6.45, 7) is 18.4. The van der Waals surface area contributed by atoms with Crippen LogP contribution in [-0.2, 0) is 10.8 Å². The van der Waals surface area contributed by atoms with Gasteiger partial charge in [-0.05, 0) is 18.1 Å². The molecule has 32 heavy (non-hydrogen) atoms. The molecule has 2 aromatic carbocycles. The maximum atomic E-state index is 10.7. The minimum atomic E-state index is -1.90. The Bertz CT molecular complexity index is 1080. The number of allylic oxidation sites excluding steroid dienone is 2. The molecule has 0 N–H and O–H groups in total. The van der Waals surface area contributed by atoms with Gasteiger partial charge in [-0.15, -0.1) is 0 Å². The van der Waals surface area contributed by atoms with Crippen molar-refractivity contribution in [3.05, 3.63) is 83.1 Å². The maximum Gasteiger partial charge on any atom is 0.138 e. The second-order valence-electron chi connectivity index (χ2n) is 11.2. The fraction of sp³-hybridized carbons (Fsp3) is 0.407. The quantitative estimate of drug-likeness (QED) is 0.464. The third-order valence-corrected chi connectivity index (χ3v) is 14.4. The molecule has 3 unspecified atom stereocenters. The summed E-state index contributed by atoms with van der Waals surface area (Å²) in [4.78, 5) is 0. The molecule has 2 aromatic rings. The molecule has 0 amide bonds. The van der Waals surface area contributed by atoms with Gasteiger partial charge in [-0.25, -0.2) is 0 Å². The Labute approximate surface area is 196 Å². The molecule has 0 saturated carbocycles. The molecule has 3 atom stereocenters. The van der Waals surface area contributed by atoms with Crippen molar-refractivity contribution in [2.45, 2.75) is 64.0 Å². The molecule has 0 spiro atoms. The smallest absolute Gasteiger partial charge is 0.138 e. The van der Waals surface area contributed by atoms with E-state index in [9.17, 15) is 10.5 Å². The Hall–Kier alpha value is -2.61. The summed E-state index contributed by atoms with van der Waals surface area (Å²) in [6, 6.07) is 26.0.